The highest BCUT2D eigenvalue weighted by Gasteiger charge is 2.19. The minimum atomic E-state index is -0.849. The van der Waals surface area contributed by atoms with Crippen molar-refractivity contribution in [3.63, 3.8) is 0 Å². The first-order valence-corrected chi connectivity index (χ1v) is 25.3. The molecule has 0 N–H and O–H groups in total. The first-order valence-electron chi connectivity index (χ1n) is 25.3. The van der Waals surface area contributed by atoms with Crippen LogP contribution in [0.3, 0.4) is 0 Å². The first kappa shape index (κ1) is 60.8. The predicted molar refractivity (Wildman–Crippen MR) is 283 cm³/mol. The highest BCUT2D eigenvalue weighted by molar-refractivity contribution is 5.71. The molecule has 0 aromatic rings. The standard InChI is InChI=1S/C60H88O6/c1-4-7-10-13-16-19-22-25-27-29-30-31-33-35-38-41-44-47-50-53-59(62)65-56-57(55-64-58(61)52-49-46-43-40-37-34-24-21-18-15-12-9-6-3)66-60(63)54-51-48-45-42-39-36-32-28-26-23-20-17-14-11-8-5-2/h7,9-10,12-13,15-16,18-19,21-22,24-25,27-40,43,57H,4-6,8,11,14,17,20,23,26,41-42,44-56H2,1-3H3/b10-7+,12-9+,16-13+,18-15+,22-19+,24-21+,27-25+,30-29+,32-28+,33-31+,37-34+,38-35+,39-36+,43-40+. The molecule has 6 heteroatoms. The van der Waals surface area contributed by atoms with Gasteiger partial charge in [0.25, 0.3) is 0 Å². The highest BCUT2D eigenvalue weighted by Crippen LogP contribution is 2.11. The number of hydrogen-bond acceptors (Lipinski definition) is 6. The number of esters is 3. The number of unbranched alkanes of at least 4 members (excludes halogenated alkanes) is 14. The lowest BCUT2D eigenvalue weighted by Crippen LogP contribution is -2.30. The Bertz CT molecular complexity index is 1600. The molecule has 0 saturated heterocycles. The largest absolute Gasteiger partial charge is 0.462 e. The molecule has 0 aromatic carbocycles. The predicted octanol–water partition coefficient (Wildman–Crippen LogP) is 16.8. The fourth-order valence-electron chi connectivity index (χ4n) is 6.03. The number of carbonyl (C=O) groups is 3. The second-order valence-corrected chi connectivity index (χ2v) is 15.9. The fourth-order valence-corrected chi connectivity index (χ4v) is 6.03. The number of hydrogen-bond donors (Lipinski definition) is 0. The molecule has 0 aliphatic heterocycles. The maximum atomic E-state index is 12.8. The molecule has 0 radical (unpaired) electrons. The Kier molecular flexibility index (Phi) is 48.2. The average molecular weight is 905 g/mol. The van der Waals surface area contributed by atoms with Crippen molar-refractivity contribution in [3.05, 3.63) is 170 Å². The van der Waals surface area contributed by atoms with E-state index >= 15 is 0 Å². The second kappa shape index (κ2) is 52.4. The van der Waals surface area contributed by atoms with Gasteiger partial charge in [0.2, 0.25) is 0 Å². The highest BCUT2D eigenvalue weighted by atomic mass is 16.6. The van der Waals surface area contributed by atoms with Gasteiger partial charge < -0.3 is 14.2 Å². The van der Waals surface area contributed by atoms with Crippen molar-refractivity contribution in [3.8, 4) is 0 Å². The summed E-state index contributed by atoms with van der Waals surface area (Å²) in [6, 6.07) is 0. The molecule has 0 aliphatic rings. The molecule has 0 rings (SSSR count). The van der Waals surface area contributed by atoms with Gasteiger partial charge in [0.1, 0.15) is 13.2 Å². The van der Waals surface area contributed by atoms with Gasteiger partial charge in [-0.25, -0.2) is 0 Å². The van der Waals surface area contributed by atoms with Crippen LogP contribution in [0.1, 0.15) is 168 Å². The van der Waals surface area contributed by atoms with Crippen LogP contribution in [-0.2, 0) is 28.6 Å². The Balaban J connectivity index is 4.67. The van der Waals surface area contributed by atoms with Gasteiger partial charge in [-0.1, -0.05) is 242 Å². The van der Waals surface area contributed by atoms with Crippen molar-refractivity contribution in [1.29, 1.82) is 0 Å². The Hall–Kier alpha value is -5.23. The van der Waals surface area contributed by atoms with Gasteiger partial charge in [0, 0.05) is 19.3 Å². The van der Waals surface area contributed by atoms with Gasteiger partial charge >= 0.3 is 17.9 Å². The Morgan fingerprint density at radius 3 is 1.00 bits per heavy atom. The van der Waals surface area contributed by atoms with Crippen LogP contribution in [0.2, 0.25) is 0 Å². The van der Waals surface area contributed by atoms with E-state index in [-0.39, 0.29) is 50.4 Å². The summed E-state index contributed by atoms with van der Waals surface area (Å²) in [7, 11) is 0. The summed E-state index contributed by atoms with van der Waals surface area (Å²) in [5, 5.41) is 0. The van der Waals surface area contributed by atoms with Crippen molar-refractivity contribution in [2.24, 2.45) is 0 Å². The van der Waals surface area contributed by atoms with E-state index < -0.39 is 6.10 Å². The lowest BCUT2D eigenvalue weighted by atomic mass is 10.1. The van der Waals surface area contributed by atoms with Gasteiger partial charge in [0.05, 0.1) is 0 Å². The molecule has 1 unspecified atom stereocenters. The zero-order valence-electron chi connectivity index (χ0n) is 41.4. The number of carbonyl (C=O) groups excluding carboxylic acids is 3. The average Bonchev–Trinajstić information content (AvgIpc) is 3.31. The molecule has 6 nitrogen and oxygen atoms in total. The summed E-state index contributed by atoms with van der Waals surface area (Å²) in [5.41, 5.74) is 0. The molecular formula is C60H88O6. The van der Waals surface area contributed by atoms with Gasteiger partial charge in [-0.3, -0.25) is 14.4 Å². The molecule has 364 valence electrons. The summed E-state index contributed by atoms with van der Waals surface area (Å²) in [6.45, 7) is 6.18. The van der Waals surface area contributed by atoms with E-state index in [1.54, 1.807) is 0 Å². The molecule has 0 bridgehead atoms. The molecule has 66 heavy (non-hydrogen) atoms. The van der Waals surface area contributed by atoms with Gasteiger partial charge in [0.15, 0.2) is 6.10 Å². The third kappa shape index (κ3) is 49.8. The van der Waals surface area contributed by atoms with Crippen molar-refractivity contribution in [2.75, 3.05) is 13.2 Å². The summed E-state index contributed by atoms with van der Waals surface area (Å²) in [4.78, 5) is 37.9. The number of rotatable bonds is 42. The van der Waals surface area contributed by atoms with Crippen molar-refractivity contribution in [2.45, 2.75) is 175 Å². The normalized spacial score (nSPS) is 13.6. The van der Waals surface area contributed by atoms with E-state index in [4.69, 9.17) is 14.2 Å². The van der Waals surface area contributed by atoms with Crippen LogP contribution in [0, 0.1) is 0 Å². The maximum Gasteiger partial charge on any atom is 0.306 e. The molecular weight excluding hydrogens is 817 g/mol. The molecule has 0 aromatic heterocycles. The Morgan fingerprint density at radius 1 is 0.318 bits per heavy atom. The van der Waals surface area contributed by atoms with Crippen LogP contribution >= 0.6 is 0 Å². The van der Waals surface area contributed by atoms with E-state index in [0.717, 1.165) is 64.2 Å². The van der Waals surface area contributed by atoms with Crippen LogP contribution in [-0.4, -0.2) is 37.2 Å². The molecule has 0 amide bonds. The molecule has 0 fully saturated rings. The van der Waals surface area contributed by atoms with Crippen molar-refractivity contribution < 1.29 is 28.6 Å². The van der Waals surface area contributed by atoms with Gasteiger partial charge in [-0.2, -0.15) is 0 Å². The first-order chi connectivity index (χ1) is 32.5. The lowest BCUT2D eigenvalue weighted by Gasteiger charge is -2.18. The summed E-state index contributed by atoms with van der Waals surface area (Å²) >= 11 is 0. The summed E-state index contributed by atoms with van der Waals surface area (Å²) in [5.74, 6) is -1.10. The summed E-state index contributed by atoms with van der Waals surface area (Å²) < 4.78 is 16.6. The number of ether oxygens (including phenoxy) is 3. The Morgan fingerprint density at radius 2 is 0.606 bits per heavy atom. The van der Waals surface area contributed by atoms with Crippen LogP contribution in [0.25, 0.3) is 0 Å². The minimum absolute atomic E-state index is 0.145. The third-order valence-electron chi connectivity index (χ3n) is 9.79. The maximum absolute atomic E-state index is 12.8. The lowest BCUT2D eigenvalue weighted by molar-refractivity contribution is -0.167. The zero-order chi connectivity index (χ0) is 47.9. The van der Waals surface area contributed by atoms with Crippen LogP contribution in [0.5, 0.6) is 0 Å². The summed E-state index contributed by atoms with van der Waals surface area (Å²) in [6.07, 6.45) is 77.7. The Labute approximate surface area is 402 Å². The molecule has 0 saturated carbocycles. The quantitative estimate of drug-likeness (QED) is 0.0263. The fraction of sp³-hybridized carbons (Fsp3) is 0.483. The van der Waals surface area contributed by atoms with Gasteiger partial charge in [-0.05, 0) is 77.0 Å². The number of allylic oxidation sites excluding steroid dienone is 28. The van der Waals surface area contributed by atoms with E-state index in [0.29, 0.717) is 19.3 Å². The molecule has 0 spiro atoms. The SMILES string of the molecule is CC/C=C/C=C/C=C/C=C/C=C/C=C/C=C/CCCCCC(=O)OCC(COC(=O)CCC/C=C/C=C/C=C/C=C/C=C/CC)OC(=O)CCCCC/C=C/C=C/CCCCCCCCC. The molecule has 1 atom stereocenters. The van der Waals surface area contributed by atoms with E-state index in [2.05, 4.69) is 63.3 Å². The zero-order valence-corrected chi connectivity index (χ0v) is 41.4. The molecule has 0 aliphatic carbocycles. The van der Waals surface area contributed by atoms with Crippen LogP contribution in [0.4, 0.5) is 0 Å². The van der Waals surface area contributed by atoms with Gasteiger partial charge in [-0.15, -0.1) is 0 Å². The monoisotopic (exact) mass is 905 g/mol. The van der Waals surface area contributed by atoms with Crippen LogP contribution in [0.15, 0.2) is 170 Å². The third-order valence-corrected chi connectivity index (χ3v) is 9.79. The van der Waals surface area contributed by atoms with E-state index in [1.807, 2.05) is 128 Å². The van der Waals surface area contributed by atoms with E-state index in [1.165, 1.54) is 44.9 Å². The van der Waals surface area contributed by atoms with Crippen molar-refractivity contribution in [1.82, 2.24) is 0 Å². The van der Waals surface area contributed by atoms with E-state index in [9.17, 15) is 14.4 Å². The van der Waals surface area contributed by atoms with Crippen LogP contribution < -0.4 is 0 Å². The van der Waals surface area contributed by atoms with Crippen molar-refractivity contribution >= 4 is 17.9 Å². The second-order valence-electron chi connectivity index (χ2n) is 15.9. The topological polar surface area (TPSA) is 78.9 Å². The minimum Gasteiger partial charge on any atom is -0.462 e. The smallest absolute Gasteiger partial charge is 0.306 e. The molecule has 0 heterocycles.